The number of hydrogen-bond donors (Lipinski definition) is 4. The minimum atomic E-state index is -1.76. The zero-order valence-corrected chi connectivity index (χ0v) is 28.4. The first kappa shape index (κ1) is 34.8. The summed E-state index contributed by atoms with van der Waals surface area (Å²) < 4.78 is 12.5. The second-order valence-electron chi connectivity index (χ2n) is 13.2. The molecule has 2 fully saturated rings. The Hall–Kier alpha value is -4.64. The van der Waals surface area contributed by atoms with E-state index in [1.165, 1.54) is 18.2 Å². The second kappa shape index (κ2) is 14.9. The number of rotatable bonds is 10. The van der Waals surface area contributed by atoms with Gasteiger partial charge in [-0.15, -0.1) is 0 Å². The number of carbonyl (C=O) groups excluding carboxylic acids is 2. The van der Waals surface area contributed by atoms with Crippen molar-refractivity contribution in [2.45, 2.75) is 31.7 Å². The zero-order chi connectivity index (χ0) is 35.6. The average molecular weight is 704 g/mol. The highest BCUT2D eigenvalue weighted by Gasteiger charge is 2.57. The summed E-state index contributed by atoms with van der Waals surface area (Å²) in [5.74, 6) is -1.95. The van der Waals surface area contributed by atoms with E-state index in [4.69, 9.17) is 21.0 Å². The summed E-state index contributed by atoms with van der Waals surface area (Å²) in [5.41, 5.74) is 4.83. The van der Waals surface area contributed by atoms with Crippen LogP contribution in [0.4, 0.5) is 5.69 Å². The van der Waals surface area contributed by atoms with Gasteiger partial charge in [0.2, 0.25) is 11.8 Å². The minimum absolute atomic E-state index is 0.0686. The van der Waals surface area contributed by atoms with Gasteiger partial charge < -0.3 is 29.6 Å². The van der Waals surface area contributed by atoms with Crippen molar-refractivity contribution in [3.05, 3.63) is 130 Å². The maximum absolute atomic E-state index is 14.3. The van der Waals surface area contributed by atoms with Crippen LogP contribution >= 0.6 is 11.6 Å². The number of phenols is 1. The summed E-state index contributed by atoms with van der Waals surface area (Å²) in [6, 6.07) is 30.2. The molecule has 4 N–H and O–H groups in total. The third-order valence-electron chi connectivity index (χ3n) is 10.0. The molecule has 0 saturated carbocycles. The summed E-state index contributed by atoms with van der Waals surface area (Å²) in [7, 11) is -2.93. The van der Waals surface area contributed by atoms with E-state index in [-0.39, 0.29) is 48.1 Å². The molecule has 0 bridgehead atoms. The number of fused-ring (bicyclic) bond motifs is 3. The van der Waals surface area contributed by atoms with Crippen molar-refractivity contribution < 1.29 is 39.2 Å². The Morgan fingerprint density at radius 2 is 1.69 bits per heavy atom. The first-order valence-corrected chi connectivity index (χ1v) is 17.4. The average Bonchev–Trinajstić information content (AvgIpc) is 3.39. The van der Waals surface area contributed by atoms with Crippen LogP contribution in [-0.4, -0.2) is 58.9 Å². The fraction of sp³-hybridized carbons (Fsp3) is 0.231. The van der Waals surface area contributed by atoms with Crippen LogP contribution < -0.4 is 15.1 Å². The molecule has 2 aliphatic heterocycles. The Kier molecular flexibility index (Phi) is 10.2. The summed E-state index contributed by atoms with van der Waals surface area (Å²) in [6.07, 6.45) is 2.77. The standard InChI is InChI=1S/C39H36B2ClNO8/c42-34-21-30(44)16-14-26(34)18-25(24-8-3-1-4-9-24)15-17-35-36-27(23-50-31-12-5-2-6-13-31)19-32-37(33(36)22-40(47)51-35)39(46)43(38(32)45)29-11-7-10-28(20-29)41(48)49/h1-14,16,18,20-21,32-33,35,37,44,47-49H,15,17,19,22-23H2/b25-18-/t32-,33+,35-,37-/m1/s1. The van der Waals surface area contributed by atoms with Gasteiger partial charge in [0.1, 0.15) is 18.1 Å². The molecule has 7 rings (SSSR count). The molecule has 2 heterocycles. The van der Waals surface area contributed by atoms with Gasteiger partial charge in [0, 0.05) is 0 Å². The van der Waals surface area contributed by atoms with Crippen LogP contribution in [0.5, 0.6) is 11.5 Å². The number of nitrogens with zero attached hydrogens (tertiary/aromatic N) is 1. The van der Waals surface area contributed by atoms with Gasteiger partial charge in [0.25, 0.3) is 0 Å². The molecule has 4 aromatic carbocycles. The molecular formula is C39H36B2ClNO8. The predicted octanol–water partition coefficient (Wildman–Crippen LogP) is 5.13. The number of para-hydroxylation sites is 1. The third kappa shape index (κ3) is 7.26. The topological polar surface area (TPSA) is 137 Å². The zero-order valence-electron chi connectivity index (χ0n) is 27.6. The van der Waals surface area contributed by atoms with Crippen molar-refractivity contribution in [2.24, 2.45) is 17.8 Å². The molecule has 51 heavy (non-hydrogen) atoms. The number of benzene rings is 4. The summed E-state index contributed by atoms with van der Waals surface area (Å²) >= 11 is 6.51. The number of aromatic hydroxyl groups is 1. The van der Waals surface area contributed by atoms with Crippen LogP contribution in [0.25, 0.3) is 11.6 Å². The monoisotopic (exact) mass is 703 g/mol. The molecule has 4 aromatic rings. The number of imide groups is 1. The minimum Gasteiger partial charge on any atom is -0.508 e. The Morgan fingerprint density at radius 3 is 2.41 bits per heavy atom. The van der Waals surface area contributed by atoms with Gasteiger partial charge in [-0.05, 0) is 113 Å². The smallest absolute Gasteiger partial charge is 0.488 e. The van der Waals surface area contributed by atoms with Crippen molar-refractivity contribution in [2.75, 3.05) is 11.5 Å². The van der Waals surface area contributed by atoms with Crippen LogP contribution in [0, 0.1) is 17.8 Å². The Labute approximate surface area is 301 Å². The van der Waals surface area contributed by atoms with Crippen LogP contribution in [0.2, 0.25) is 11.3 Å². The quantitative estimate of drug-likeness (QED) is 0.0773. The molecule has 0 radical (unpaired) electrons. The number of hydrogen-bond acceptors (Lipinski definition) is 8. The molecule has 3 aliphatic rings. The number of carbonyl (C=O) groups is 2. The van der Waals surface area contributed by atoms with E-state index in [1.54, 1.807) is 24.3 Å². The highest BCUT2D eigenvalue weighted by atomic mass is 35.5. The predicted molar refractivity (Wildman–Crippen MR) is 197 cm³/mol. The molecule has 2 saturated heterocycles. The summed E-state index contributed by atoms with van der Waals surface area (Å²) in [5, 5.41) is 41.0. The summed E-state index contributed by atoms with van der Waals surface area (Å²) in [6.45, 7) is 0.174. The van der Waals surface area contributed by atoms with Gasteiger partial charge in [0.15, 0.2) is 0 Å². The van der Waals surface area contributed by atoms with Gasteiger partial charge in [-0.2, -0.15) is 0 Å². The lowest BCUT2D eigenvalue weighted by atomic mass is 9.58. The molecule has 12 heteroatoms. The van der Waals surface area contributed by atoms with Gasteiger partial charge in [-0.1, -0.05) is 72.3 Å². The fourth-order valence-corrected chi connectivity index (χ4v) is 7.95. The lowest BCUT2D eigenvalue weighted by Gasteiger charge is -2.43. The van der Waals surface area contributed by atoms with E-state index < -0.39 is 38.1 Å². The summed E-state index contributed by atoms with van der Waals surface area (Å²) in [4.78, 5) is 29.5. The highest BCUT2D eigenvalue weighted by Crippen LogP contribution is 2.51. The second-order valence-corrected chi connectivity index (χ2v) is 13.6. The SMILES string of the molecule is O=C1[C@@H]2[C@@H](CC(COc3ccccc3)=C3[C@@H](CC/C(=C/c4ccc(O)cc4Cl)c4ccccc4)OB(O)C[C@@H]32)C(=O)N1c1cccc(B(O)O)c1. The molecule has 0 aromatic heterocycles. The third-order valence-corrected chi connectivity index (χ3v) is 10.4. The van der Waals surface area contributed by atoms with E-state index in [0.717, 1.165) is 32.7 Å². The molecule has 1 aliphatic carbocycles. The molecule has 258 valence electrons. The van der Waals surface area contributed by atoms with Gasteiger partial charge in [-0.3, -0.25) is 14.5 Å². The van der Waals surface area contributed by atoms with E-state index in [2.05, 4.69) is 0 Å². The molecule has 4 atom stereocenters. The first-order chi connectivity index (χ1) is 24.7. The first-order valence-electron chi connectivity index (χ1n) is 17.0. The van der Waals surface area contributed by atoms with Crippen LogP contribution in [-0.2, 0) is 14.2 Å². The number of phenolic OH excluding ortho intramolecular Hbond substituents is 1. The normalized spacial score (nSPS) is 21.8. The van der Waals surface area contributed by atoms with Crippen LogP contribution in [0.3, 0.4) is 0 Å². The Morgan fingerprint density at radius 1 is 0.941 bits per heavy atom. The van der Waals surface area contributed by atoms with Crippen molar-refractivity contribution >= 4 is 60.5 Å². The van der Waals surface area contributed by atoms with E-state index in [9.17, 15) is 29.8 Å². The van der Waals surface area contributed by atoms with Gasteiger partial charge in [0.05, 0.1) is 28.6 Å². The highest BCUT2D eigenvalue weighted by molar-refractivity contribution is 6.58. The maximum Gasteiger partial charge on any atom is 0.488 e. The number of amides is 2. The number of anilines is 1. The molecular weight excluding hydrogens is 668 g/mol. The van der Waals surface area contributed by atoms with E-state index in [1.807, 2.05) is 66.7 Å². The lowest BCUT2D eigenvalue weighted by Crippen LogP contribution is -2.46. The van der Waals surface area contributed by atoms with Crippen molar-refractivity contribution in [1.29, 1.82) is 0 Å². The maximum atomic E-state index is 14.3. The van der Waals surface area contributed by atoms with E-state index >= 15 is 0 Å². The molecule has 9 nitrogen and oxygen atoms in total. The van der Waals surface area contributed by atoms with Crippen molar-refractivity contribution in [1.82, 2.24) is 0 Å². The molecule has 0 unspecified atom stereocenters. The van der Waals surface area contributed by atoms with Crippen molar-refractivity contribution in [3.63, 3.8) is 0 Å². The van der Waals surface area contributed by atoms with Crippen LogP contribution in [0.1, 0.15) is 30.4 Å². The Balaban J connectivity index is 1.25. The van der Waals surface area contributed by atoms with Gasteiger partial charge >= 0.3 is 14.2 Å². The number of ether oxygens (including phenoxy) is 1. The van der Waals surface area contributed by atoms with Crippen LogP contribution in [0.15, 0.2) is 114 Å². The molecule has 2 amide bonds. The number of halogens is 1. The van der Waals surface area contributed by atoms with Crippen molar-refractivity contribution in [3.8, 4) is 11.5 Å². The Bertz CT molecular complexity index is 1990. The van der Waals surface area contributed by atoms with E-state index in [0.29, 0.717) is 23.6 Å². The number of allylic oxidation sites excluding steroid dienone is 1. The largest absolute Gasteiger partial charge is 0.508 e. The molecule has 0 spiro atoms. The fourth-order valence-electron chi connectivity index (χ4n) is 7.72. The van der Waals surface area contributed by atoms with Gasteiger partial charge in [-0.25, -0.2) is 0 Å². The lowest BCUT2D eigenvalue weighted by molar-refractivity contribution is -0.122.